The summed E-state index contributed by atoms with van der Waals surface area (Å²) in [4.78, 5) is 0. The molecule has 0 aliphatic carbocycles. The molecule has 1 N–H and O–H groups in total. The van der Waals surface area contributed by atoms with Crippen molar-refractivity contribution in [1.82, 2.24) is 0 Å². The van der Waals surface area contributed by atoms with Crippen molar-refractivity contribution in [3.05, 3.63) is 78.4 Å². The van der Waals surface area contributed by atoms with Crippen molar-refractivity contribution in [3.63, 3.8) is 0 Å². The molecule has 0 aromatic heterocycles. The van der Waals surface area contributed by atoms with Crippen LogP contribution >= 0.6 is 0 Å². The Kier molecular flexibility index (Phi) is 4.52. The van der Waals surface area contributed by atoms with Gasteiger partial charge in [0.25, 0.3) is 0 Å². The van der Waals surface area contributed by atoms with Gasteiger partial charge < -0.3 is 14.6 Å². The van der Waals surface area contributed by atoms with Crippen LogP contribution in [-0.4, -0.2) is 5.11 Å². The largest absolute Gasteiger partial charge is 0.508 e. The monoisotopic (exact) mass is 346 g/mol. The van der Waals surface area contributed by atoms with E-state index in [2.05, 4.69) is 0 Å². The molecule has 3 nitrogen and oxygen atoms in total. The Morgan fingerprint density at radius 2 is 1.16 bits per heavy atom. The van der Waals surface area contributed by atoms with E-state index in [1.165, 1.54) is 24.3 Å². The van der Waals surface area contributed by atoms with Crippen molar-refractivity contribution in [1.29, 1.82) is 0 Å². The molecule has 0 bridgehead atoms. The Morgan fingerprint density at radius 1 is 0.640 bits per heavy atom. The normalized spacial score (nSPS) is 11.2. The lowest BCUT2D eigenvalue weighted by Gasteiger charge is -2.11. The van der Waals surface area contributed by atoms with E-state index in [0.29, 0.717) is 17.2 Å². The highest BCUT2D eigenvalue weighted by Gasteiger charge is 2.30. The number of alkyl halides is 3. The molecule has 0 radical (unpaired) electrons. The lowest BCUT2D eigenvalue weighted by atomic mass is 10.2. The fourth-order valence-corrected chi connectivity index (χ4v) is 2.12. The van der Waals surface area contributed by atoms with Crippen molar-refractivity contribution in [2.45, 2.75) is 6.18 Å². The summed E-state index contributed by atoms with van der Waals surface area (Å²) in [6, 6.07) is 17.3. The maximum Gasteiger partial charge on any atom is 0.416 e. The zero-order valence-corrected chi connectivity index (χ0v) is 12.8. The Balaban J connectivity index is 1.77. The van der Waals surface area contributed by atoms with E-state index < -0.39 is 11.7 Å². The Hall–Kier alpha value is -3.15. The second-order valence-corrected chi connectivity index (χ2v) is 5.20. The van der Waals surface area contributed by atoms with Crippen molar-refractivity contribution >= 4 is 0 Å². The molecule has 0 saturated heterocycles. The number of phenolic OH excluding ortho intramolecular Hbond substituents is 1. The molecule has 0 spiro atoms. The van der Waals surface area contributed by atoms with Crippen LogP contribution in [0.3, 0.4) is 0 Å². The molecule has 3 rings (SSSR count). The third-order valence-corrected chi connectivity index (χ3v) is 3.27. The number of benzene rings is 3. The molecule has 0 aliphatic rings. The zero-order valence-electron chi connectivity index (χ0n) is 12.8. The first-order chi connectivity index (χ1) is 11.9. The van der Waals surface area contributed by atoms with Crippen LogP contribution in [0.1, 0.15) is 5.56 Å². The third-order valence-electron chi connectivity index (χ3n) is 3.27. The molecular formula is C19H13F3O3. The summed E-state index contributed by atoms with van der Waals surface area (Å²) in [5.74, 6) is 1.50. The molecular weight excluding hydrogens is 333 g/mol. The van der Waals surface area contributed by atoms with E-state index in [-0.39, 0.29) is 11.5 Å². The second kappa shape index (κ2) is 6.76. The molecule has 0 fully saturated rings. The summed E-state index contributed by atoms with van der Waals surface area (Å²) in [7, 11) is 0. The minimum absolute atomic E-state index is 0.0802. The van der Waals surface area contributed by atoms with Crippen LogP contribution < -0.4 is 9.47 Å². The van der Waals surface area contributed by atoms with Gasteiger partial charge in [-0.05, 0) is 54.6 Å². The van der Waals surface area contributed by atoms with Gasteiger partial charge in [0.15, 0.2) is 0 Å². The van der Waals surface area contributed by atoms with Gasteiger partial charge in [0.2, 0.25) is 0 Å². The summed E-state index contributed by atoms with van der Waals surface area (Å²) < 4.78 is 49.4. The number of hydrogen-bond donors (Lipinski definition) is 1. The van der Waals surface area contributed by atoms with Crippen LogP contribution in [0.4, 0.5) is 13.2 Å². The Bertz CT molecular complexity index is 858. The number of rotatable bonds is 4. The first-order valence-corrected chi connectivity index (χ1v) is 7.32. The van der Waals surface area contributed by atoms with Gasteiger partial charge in [-0.2, -0.15) is 13.2 Å². The van der Waals surface area contributed by atoms with Crippen LogP contribution in [0.15, 0.2) is 72.8 Å². The minimum atomic E-state index is -4.43. The van der Waals surface area contributed by atoms with Crippen LogP contribution in [0, 0.1) is 0 Å². The smallest absolute Gasteiger partial charge is 0.416 e. The average Bonchev–Trinajstić information content (AvgIpc) is 2.57. The summed E-state index contributed by atoms with van der Waals surface area (Å²) in [6.07, 6.45) is -4.43. The van der Waals surface area contributed by atoms with Crippen LogP contribution in [0.2, 0.25) is 0 Å². The maximum absolute atomic E-state index is 12.7. The first-order valence-electron chi connectivity index (χ1n) is 7.32. The molecule has 0 aliphatic heterocycles. The number of aromatic hydroxyl groups is 1. The predicted molar refractivity (Wildman–Crippen MR) is 86.1 cm³/mol. The van der Waals surface area contributed by atoms with Gasteiger partial charge in [0.05, 0.1) is 5.56 Å². The lowest BCUT2D eigenvalue weighted by molar-refractivity contribution is -0.137. The number of hydrogen-bond acceptors (Lipinski definition) is 3. The van der Waals surface area contributed by atoms with E-state index >= 15 is 0 Å². The molecule has 0 saturated carbocycles. The number of phenols is 1. The second-order valence-electron chi connectivity index (χ2n) is 5.20. The highest BCUT2D eigenvalue weighted by molar-refractivity contribution is 5.41. The van der Waals surface area contributed by atoms with Crippen LogP contribution in [0.5, 0.6) is 28.7 Å². The number of halogens is 3. The third kappa shape index (κ3) is 4.44. The predicted octanol–water partition coefficient (Wildman–Crippen LogP) is 6.00. The fraction of sp³-hybridized carbons (Fsp3) is 0.0526. The molecule has 0 heterocycles. The van der Waals surface area contributed by atoms with E-state index in [9.17, 15) is 18.3 Å². The van der Waals surface area contributed by atoms with Gasteiger partial charge in [-0.3, -0.25) is 0 Å². The van der Waals surface area contributed by atoms with E-state index in [1.807, 2.05) is 0 Å². The Labute approximate surface area is 141 Å². The molecule has 0 unspecified atom stereocenters. The van der Waals surface area contributed by atoms with E-state index in [4.69, 9.17) is 9.47 Å². The van der Waals surface area contributed by atoms with Crippen molar-refractivity contribution in [2.24, 2.45) is 0 Å². The minimum Gasteiger partial charge on any atom is -0.508 e. The van der Waals surface area contributed by atoms with Crippen LogP contribution in [-0.2, 0) is 6.18 Å². The SMILES string of the molecule is Oc1ccc(Oc2cccc(Oc3cccc(C(F)(F)F)c3)c2)cc1. The Morgan fingerprint density at radius 3 is 1.76 bits per heavy atom. The molecule has 3 aromatic rings. The first kappa shape index (κ1) is 16.7. The molecule has 128 valence electrons. The average molecular weight is 346 g/mol. The van der Waals surface area contributed by atoms with Crippen molar-refractivity contribution < 1.29 is 27.8 Å². The topological polar surface area (TPSA) is 38.7 Å². The molecule has 0 amide bonds. The van der Waals surface area contributed by atoms with Gasteiger partial charge in [0, 0.05) is 6.07 Å². The quantitative estimate of drug-likeness (QED) is 0.630. The molecule has 6 heteroatoms. The highest BCUT2D eigenvalue weighted by atomic mass is 19.4. The summed E-state index contributed by atoms with van der Waals surface area (Å²) in [6.45, 7) is 0. The molecule has 3 aromatic carbocycles. The van der Waals surface area contributed by atoms with Crippen molar-refractivity contribution in [3.8, 4) is 28.7 Å². The van der Waals surface area contributed by atoms with E-state index in [1.54, 1.807) is 36.4 Å². The van der Waals surface area contributed by atoms with Crippen molar-refractivity contribution in [2.75, 3.05) is 0 Å². The number of ether oxygens (including phenoxy) is 2. The van der Waals surface area contributed by atoms with Gasteiger partial charge in [-0.1, -0.05) is 12.1 Å². The maximum atomic E-state index is 12.7. The fourth-order valence-electron chi connectivity index (χ4n) is 2.12. The van der Waals surface area contributed by atoms with Gasteiger partial charge in [-0.15, -0.1) is 0 Å². The summed E-state index contributed by atoms with van der Waals surface area (Å²) in [5, 5.41) is 9.25. The van der Waals surface area contributed by atoms with Gasteiger partial charge in [-0.25, -0.2) is 0 Å². The van der Waals surface area contributed by atoms with E-state index in [0.717, 1.165) is 12.1 Å². The molecule has 0 atom stereocenters. The summed E-state index contributed by atoms with van der Waals surface area (Å²) >= 11 is 0. The van der Waals surface area contributed by atoms with Gasteiger partial charge >= 0.3 is 6.18 Å². The lowest BCUT2D eigenvalue weighted by Crippen LogP contribution is -2.04. The van der Waals surface area contributed by atoms with Gasteiger partial charge in [0.1, 0.15) is 28.7 Å². The standard InChI is InChI=1S/C19H13F3O3/c20-19(21,22)13-3-1-4-16(11-13)25-18-6-2-5-17(12-18)24-15-9-7-14(23)8-10-15/h1-12,23H. The molecule has 25 heavy (non-hydrogen) atoms. The van der Waals surface area contributed by atoms with Crippen LogP contribution in [0.25, 0.3) is 0 Å². The zero-order chi connectivity index (χ0) is 17.9. The summed E-state index contributed by atoms with van der Waals surface area (Å²) in [5.41, 5.74) is -0.776. The highest BCUT2D eigenvalue weighted by Crippen LogP contribution is 2.33.